The standard InChI is InChI=1S/C9H10FNO2/c1-5(11)6-2-3-7(10)9-8(6)12-4-13-9/h2-3,5H,4,11H2,1H3. The van der Waals surface area contributed by atoms with Crippen LogP contribution in [-0.4, -0.2) is 6.79 Å². The SMILES string of the molecule is CC(N)c1ccc(F)c2c1OCO2. The summed E-state index contributed by atoms with van der Waals surface area (Å²) in [6.07, 6.45) is 0. The molecule has 0 fully saturated rings. The van der Waals surface area contributed by atoms with E-state index in [1.807, 2.05) is 6.92 Å². The Kier molecular flexibility index (Phi) is 1.84. The Balaban J connectivity index is 2.56. The largest absolute Gasteiger partial charge is 0.453 e. The van der Waals surface area contributed by atoms with Crippen LogP contribution in [0, 0.1) is 5.82 Å². The molecule has 0 aliphatic carbocycles. The van der Waals surface area contributed by atoms with Crippen molar-refractivity contribution in [2.75, 3.05) is 6.79 Å². The average Bonchev–Trinajstić information content (AvgIpc) is 2.53. The van der Waals surface area contributed by atoms with Crippen molar-refractivity contribution >= 4 is 0 Å². The van der Waals surface area contributed by atoms with E-state index in [1.54, 1.807) is 6.07 Å². The van der Waals surface area contributed by atoms with Crippen LogP contribution in [0.1, 0.15) is 18.5 Å². The van der Waals surface area contributed by atoms with Crippen LogP contribution in [0.2, 0.25) is 0 Å². The van der Waals surface area contributed by atoms with Gasteiger partial charge in [-0.05, 0) is 13.0 Å². The van der Waals surface area contributed by atoms with E-state index in [4.69, 9.17) is 15.2 Å². The molecule has 1 heterocycles. The minimum Gasteiger partial charge on any atom is -0.453 e. The molecule has 2 rings (SSSR count). The Morgan fingerprint density at radius 2 is 2.08 bits per heavy atom. The third-order valence-corrected chi connectivity index (χ3v) is 1.99. The van der Waals surface area contributed by atoms with Crippen molar-refractivity contribution in [3.8, 4) is 11.5 Å². The van der Waals surface area contributed by atoms with Crippen LogP contribution in [0.15, 0.2) is 12.1 Å². The first-order valence-electron chi connectivity index (χ1n) is 4.03. The molecule has 0 saturated heterocycles. The molecule has 0 amide bonds. The van der Waals surface area contributed by atoms with Crippen LogP contribution in [0.5, 0.6) is 11.5 Å². The van der Waals surface area contributed by atoms with Gasteiger partial charge in [-0.3, -0.25) is 0 Å². The molecule has 1 aliphatic rings. The highest BCUT2D eigenvalue weighted by molar-refractivity contribution is 5.50. The highest BCUT2D eigenvalue weighted by Gasteiger charge is 2.23. The van der Waals surface area contributed by atoms with E-state index in [9.17, 15) is 4.39 Å². The van der Waals surface area contributed by atoms with Crippen LogP contribution in [0.4, 0.5) is 4.39 Å². The summed E-state index contributed by atoms with van der Waals surface area (Å²) in [5, 5.41) is 0. The number of hydrogen-bond acceptors (Lipinski definition) is 3. The number of halogens is 1. The quantitative estimate of drug-likeness (QED) is 0.718. The molecule has 1 aliphatic heterocycles. The molecule has 13 heavy (non-hydrogen) atoms. The molecule has 0 bridgehead atoms. The van der Waals surface area contributed by atoms with Gasteiger partial charge in [0.25, 0.3) is 0 Å². The number of fused-ring (bicyclic) bond motifs is 1. The van der Waals surface area contributed by atoms with Gasteiger partial charge in [0.1, 0.15) is 0 Å². The normalized spacial score (nSPS) is 15.9. The lowest BCUT2D eigenvalue weighted by atomic mass is 10.1. The molecule has 0 spiro atoms. The number of ether oxygens (including phenoxy) is 2. The molecule has 1 unspecified atom stereocenters. The Morgan fingerprint density at radius 1 is 1.38 bits per heavy atom. The Labute approximate surface area is 75.3 Å². The summed E-state index contributed by atoms with van der Waals surface area (Å²) < 4.78 is 23.2. The second kappa shape index (κ2) is 2.88. The van der Waals surface area contributed by atoms with Gasteiger partial charge in [0.05, 0.1) is 0 Å². The average molecular weight is 183 g/mol. The van der Waals surface area contributed by atoms with Gasteiger partial charge in [-0.1, -0.05) is 6.07 Å². The fourth-order valence-electron chi connectivity index (χ4n) is 1.34. The van der Waals surface area contributed by atoms with Crippen molar-refractivity contribution in [3.05, 3.63) is 23.5 Å². The van der Waals surface area contributed by atoms with Crippen LogP contribution >= 0.6 is 0 Å². The third-order valence-electron chi connectivity index (χ3n) is 1.99. The number of benzene rings is 1. The van der Waals surface area contributed by atoms with Gasteiger partial charge in [0.15, 0.2) is 11.6 Å². The predicted molar refractivity (Wildman–Crippen MR) is 45.1 cm³/mol. The van der Waals surface area contributed by atoms with Gasteiger partial charge in [0, 0.05) is 11.6 Å². The third kappa shape index (κ3) is 1.23. The fraction of sp³-hybridized carbons (Fsp3) is 0.333. The molecular formula is C9H10FNO2. The minimum absolute atomic E-state index is 0.0655. The van der Waals surface area contributed by atoms with Crippen LogP contribution in [-0.2, 0) is 0 Å². The summed E-state index contributed by atoms with van der Waals surface area (Å²) in [4.78, 5) is 0. The fourth-order valence-corrected chi connectivity index (χ4v) is 1.34. The monoisotopic (exact) mass is 183 g/mol. The minimum atomic E-state index is -0.406. The maximum atomic E-state index is 13.1. The van der Waals surface area contributed by atoms with E-state index in [2.05, 4.69) is 0 Å². The second-order valence-corrected chi connectivity index (χ2v) is 2.99. The molecule has 4 heteroatoms. The second-order valence-electron chi connectivity index (χ2n) is 2.99. The summed E-state index contributed by atoms with van der Waals surface area (Å²) >= 11 is 0. The van der Waals surface area contributed by atoms with Crippen LogP contribution in [0.25, 0.3) is 0 Å². The van der Waals surface area contributed by atoms with Crippen molar-refractivity contribution in [3.63, 3.8) is 0 Å². The van der Waals surface area contributed by atoms with Gasteiger partial charge in [-0.2, -0.15) is 0 Å². The maximum absolute atomic E-state index is 13.1. The lowest BCUT2D eigenvalue weighted by Gasteiger charge is -2.08. The topological polar surface area (TPSA) is 44.5 Å². The molecule has 0 aromatic heterocycles. The van der Waals surface area contributed by atoms with Gasteiger partial charge in [-0.25, -0.2) is 4.39 Å². The lowest BCUT2D eigenvalue weighted by molar-refractivity contribution is 0.170. The van der Waals surface area contributed by atoms with Crippen molar-refractivity contribution in [2.45, 2.75) is 13.0 Å². The van der Waals surface area contributed by atoms with Crippen molar-refractivity contribution in [1.29, 1.82) is 0 Å². The Hall–Kier alpha value is -1.29. The Morgan fingerprint density at radius 3 is 2.77 bits per heavy atom. The number of rotatable bonds is 1. The van der Waals surface area contributed by atoms with Gasteiger partial charge in [-0.15, -0.1) is 0 Å². The number of hydrogen-bond donors (Lipinski definition) is 1. The van der Waals surface area contributed by atoms with Gasteiger partial charge in [0.2, 0.25) is 12.5 Å². The van der Waals surface area contributed by atoms with E-state index < -0.39 is 5.82 Å². The van der Waals surface area contributed by atoms with Crippen molar-refractivity contribution < 1.29 is 13.9 Å². The highest BCUT2D eigenvalue weighted by atomic mass is 19.1. The zero-order valence-corrected chi connectivity index (χ0v) is 7.21. The van der Waals surface area contributed by atoms with E-state index in [0.717, 1.165) is 5.56 Å². The van der Waals surface area contributed by atoms with Gasteiger partial charge >= 0.3 is 0 Å². The van der Waals surface area contributed by atoms with E-state index in [-0.39, 0.29) is 18.6 Å². The van der Waals surface area contributed by atoms with E-state index >= 15 is 0 Å². The molecule has 70 valence electrons. The summed E-state index contributed by atoms with van der Waals surface area (Å²) in [5.41, 5.74) is 6.45. The highest BCUT2D eigenvalue weighted by Crippen LogP contribution is 2.39. The molecule has 1 aromatic rings. The first-order chi connectivity index (χ1) is 6.20. The smallest absolute Gasteiger partial charge is 0.231 e. The summed E-state index contributed by atoms with van der Waals surface area (Å²) in [5.74, 6) is 0.210. The van der Waals surface area contributed by atoms with E-state index in [0.29, 0.717) is 5.75 Å². The lowest BCUT2D eigenvalue weighted by Crippen LogP contribution is -2.06. The zero-order valence-electron chi connectivity index (χ0n) is 7.21. The molecule has 0 saturated carbocycles. The molecule has 1 aromatic carbocycles. The molecule has 1 atom stereocenters. The van der Waals surface area contributed by atoms with E-state index in [1.165, 1.54) is 6.07 Å². The van der Waals surface area contributed by atoms with Crippen LogP contribution in [0.3, 0.4) is 0 Å². The molecular weight excluding hydrogens is 173 g/mol. The summed E-state index contributed by atoms with van der Waals surface area (Å²) in [6, 6.07) is 2.77. The molecule has 2 N–H and O–H groups in total. The van der Waals surface area contributed by atoms with Crippen molar-refractivity contribution in [1.82, 2.24) is 0 Å². The number of nitrogens with two attached hydrogens (primary N) is 1. The van der Waals surface area contributed by atoms with Gasteiger partial charge < -0.3 is 15.2 Å². The molecule has 0 radical (unpaired) electrons. The molecule has 3 nitrogen and oxygen atoms in total. The first-order valence-corrected chi connectivity index (χ1v) is 4.03. The summed E-state index contributed by atoms with van der Waals surface area (Å²) in [6.45, 7) is 1.88. The van der Waals surface area contributed by atoms with Crippen molar-refractivity contribution in [2.24, 2.45) is 5.73 Å². The predicted octanol–water partition coefficient (Wildman–Crippen LogP) is 1.57. The zero-order chi connectivity index (χ0) is 9.42. The Bertz CT molecular complexity index is 339. The van der Waals surface area contributed by atoms with Crippen LogP contribution < -0.4 is 15.2 Å². The maximum Gasteiger partial charge on any atom is 0.231 e. The summed E-state index contributed by atoms with van der Waals surface area (Å²) in [7, 11) is 0. The first kappa shape index (κ1) is 8.31.